The molecule has 4 aromatic rings. The number of hydrogen-bond acceptors (Lipinski definition) is 6. The summed E-state index contributed by atoms with van der Waals surface area (Å²) in [7, 11) is 0. The zero-order chi connectivity index (χ0) is 29.7. The molecule has 4 rings (SSSR count). The van der Waals surface area contributed by atoms with E-state index in [0.717, 1.165) is 50.6 Å². The lowest BCUT2D eigenvalue weighted by atomic mass is 10.0. The van der Waals surface area contributed by atoms with Gasteiger partial charge in [0, 0.05) is 24.1 Å². The molecule has 0 radical (unpaired) electrons. The monoisotopic (exact) mass is 573 g/mol. The van der Waals surface area contributed by atoms with Crippen LogP contribution in [0.25, 0.3) is 10.9 Å². The van der Waals surface area contributed by atoms with Gasteiger partial charge in [-0.3, -0.25) is 9.69 Å². The van der Waals surface area contributed by atoms with Crippen molar-refractivity contribution in [3.8, 4) is 11.5 Å². The number of nitrogens with one attached hydrogen (secondary N) is 2. The molecule has 0 fully saturated rings. The molecular formula is C33H39N3O6. The molecule has 1 amide bonds. The molecule has 0 bridgehead atoms. The van der Waals surface area contributed by atoms with Crippen molar-refractivity contribution >= 4 is 22.7 Å². The smallest absolute Gasteiger partial charge is 0.412 e. The molecule has 5 N–H and O–H groups in total. The highest BCUT2D eigenvalue weighted by Crippen LogP contribution is 2.28. The Hall–Kier alpha value is -4.34. The van der Waals surface area contributed by atoms with E-state index in [1.165, 1.54) is 17.0 Å². The number of carboxylic acid groups (broad SMARTS) is 1. The lowest BCUT2D eigenvalue weighted by Gasteiger charge is -2.20. The van der Waals surface area contributed by atoms with Crippen molar-refractivity contribution in [2.45, 2.75) is 51.2 Å². The Morgan fingerprint density at radius 3 is 2.45 bits per heavy atom. The van der Waals surface area contributed by atoms with Crippen molar-refractivity contribution in [2.75, 3.05) is 24.6 Å². The van der Waals surface area contributed by atoms with Crippen molar-refractivity contribution in [1.82, 2.24) is 10.3 Å². The van der Waals surface area contributed by atoms with Gasteiger partial charge in [0.05, 0.1) is 30.5 Å². The van der Waals surface area contributed by atoms with Crippen molar-refractivity contribution in [3.63, 3.8) is 0 Å². The first-order valence-electron chi connectivity index (χ1n) is 14.4. The summed E-state index contributed by atoms with van der Waals surface area (Å²) in [6.07, 6.45) is 4.52. The number of benzene rings is 3. The quantitative estimate of drug-likeness (QED) is 0.104. The van der Waals surface area contributed by atoms with Crippen molar-refractivity contribution in [1.29, 1.82) is 0 Å². The zero-order valence-electron chi connectivity index (χ0n) is 23.7. The number of rotatable bonds is 16. The lowest BCUT2D eigenvalue weighted by molar-refractivity contribution is 0.176. The van der Waals surface area contributed by atoms with Crippen LogP contribution in [-0.4, -0.2) is 46.1 Å². The zero-order valence-corrected chi connectivity index (χ0v) is 23.7. The van der Waals surface area contributed by atoms with Crippen LogP contribution < -0.4 is 20.5 Å². The number of aromatic hydroxyl groups is 1. The molecule has 42 heavy (non-hydrogen) atoms. The summed E-state index contributed by atoms with van der Waals surface area (Å²) < 4.78 is 5.90. The Morgan fingerprint density at radius 1 is 0.905 bits per heavy atom. The van der Waals surface area contributed by atoms with Gasteiger partial charge in [-0.05, 0) is 54.8 Å². The average Bonchev–Trinajstić information content (AvgIpc) is 2.99. The highest BCUT2D eigenvalue weighted by Gasteiger charge is 2.16. The van der Waals surface area contributed by atoms with E-state index in [4.69, 9.17) is 4.74 Å². The van der Waals surface area contributed by atoms with Crippen molar-refractivity contribution < 1.29 is 24.9 Å². The fraction of sp³-hybridized carbons (Fsp3) is 0.333. The number of nitrogens with zero attached hydrogens (tertiary/aromatic N) is 1. The lowest BCUT2D eigenvalue weighted by Crippen LogP contribution is -2.28. The number of phenolic OH excluding ortho intramolecular Hbond substituents is 1. The number of anilines is 1. The van der Waals surface area contributed by atoms with Gasteiger partial charge in [0.25, 0.3) is 0 Å². The van der Waals surface area contributed by atoms with Gasteiger partial charge < -0.3 is 30.4 Å². The van der Waals surface area contributed by atoms with Gasteiger partial charge in [-0.1, -0.05) is 68.1 Å². The predicted octanol–water partition coefficient (Wildman–Crippen LogP) is 5.96. The van der Waals surface area contributed by atoms with Gasteiger partial charge in [0.15, 0.2) is 0 Å². The maximum Gasteiger partial charge on any atom is 0.412 e. The number of hydrogen-bond donors (Lipinski definition) is 5. The summed E-state index contributed by atoms with van der Waals surface area (Å²) in [4.78, 5) is 27.4. The Kier molecular flexibility index (Phi) is 11.4. The first kappa shape index (κ1) is 30.6. The summed E-state index contributed by atoms with van der Waals surface area (Å²) in [6.45, 7) is 2.03. The van der Waals surface area contributed by atoms with Crippen molar-refractivity contribution in [2.24, 2.45) is 0 Å². The average molecular weight is 574 g/mol. The number of amides is 1. The van der Waals surface area contributed by atoms with Gasteiger partial charge in [0.1, 0.15) is 11.5 Å². The molecule has 1 aromatic heterocycles. The second-order valence-electron chi connectivity index (χ2n) is 10.3. The van der Waals surface area contributed by atoms with Gasteiger partial charge in [-0.2, -0.15) is 0 Å². The number of ether oxygens (including phenoxy) is 1. The summed E-state index contributed by atoms with van der Waals surface area (Å²) in [6, 6.07) is 22.9. The van der Waals surface area contributed by atoms with Crippen LogP contribution in [-0.2, 0) is 6.54 Å². The first-order valence-corrected chi connectivity index (χ1v) is 14.4. The predicted molar refractivity (Wildman–Crippen MR) is 164 cm³/mol. The fourth-order valence-corrected chi connectivity index (χ4v) is 4.92. The second kappa shape index (κ2) is 15.6. The molecule has 3 aromatic carbocycles. The number of H-pyrrole nitrogens is 1. The van der Waals surface area contributed by atoms with Gasteiger partial charge in [-0.25, -0.2) is 4.79 Å². The number of aromatic nitrogens is 1. The van der Waals surface area contributed by atoms with Crippen LogP contribution in [0.15, 0.2) is 83.7 Å². The number of aliphatic hydroxyl groups excluding tert-OH is 1. The minimum absolute atomic E-state index is 0.0195. The molecule has 222 valence electrons. The first-order chi connectivity index (χ1) is 20.4. The van der Waals surface area contributed by atoms with Crippen LogP contribution >= 0.6 is 0 Å². The Morgan fingerprint density at radius 2 is 1.67 bits per heavy atom. The van der Waals surface area contributed by atoms with E-state index in [1.54, 1.807) is 24.3 Å². The molecule has 0 spiro atoms. The molecule has 0 aliphatic carbocycles. The highest BCUT2D eigenvalue weighted by molar-refractivity contribution is 5.87. The summed E-state index contributed by atoms with van der Waals surface area (Å²) >= 11 is 0. The third-order valence-corrected chi connectivity index (χ3v) is 7.16. The van der Waals surface area contributed by atoms with Gasteiger partial charge in [-0.15, -0.1) is 0 Å². The van der Waals surface area contributed by atoms with Gasteiger partial charge >= 0.3 is 6.09 Å². The molecule has 1 heterocycles. The molecule has 9 nitrogen and oxygen atoms in total. The molecule has 0 saturated heterocycles. The molecule has 0 aliphatic heterocycles. The van der Waals surface area contributed by atoms with E-state index < -0.39 is 12.2 Å². The van der Waals surface area contributed by atoms with E-state index in [-0.39, 0.29) is 17.9 Å². The Balaban J connectivity index is 1.08. The van der Waals surface area contributed by atoms with Crippen LogP contribution in [0.3, 0.4) is 0 Å². The Labute approximate surface area is 245 Å². The normalized spacial score (nSPS) is 11.8. The van der Waals surface area contributed by atoms with E-state index >= 15 is 0 Å². The topological polar surface area (TPSA) is 135 Å². The minimum Gasteiger partial charge on any atom is -0.506 e. The van der Waals surface area contributed by atoms with E-state index in [0.29, 0.717) is 41.1 Å². The SMILES string of the molecule is O=C(O)N(Cc1ccccc1)c1cccc(OCCCCCCCCNC[C@H](O)c2ccc(O)c3[nH]c(=O)ccc23)c1. The third-order valence-electron chi connectivity index (χ3n) is 7.16. The van der Waals surface area contributed by atoms with Gasteiger partial charge in [0.2, 0.25) is 5.56 Å². The molecule has 9 heteroatoms. The summed E-state index contributed by atoms with van der Waals surface area (Å²) in [5.41, 5.74) is 2.19. The maximum absolute atomic E-state index is 11.9. The number of unbranched alkanes of at least 4 members (excludes halogenated alkanes) is 5. The molecule has 0 unspecified atom stereocenters. The van der Waals surface area contributed by atoms with E-state index in [9.17, 15) is 24.9 Å². The number of phenols is 1. The highest BCUT2D eigenvalue weighted by atomic mass is 16.5. The van der Waals surface area contributed by atoms with Crippen LogP contribution in [0.4, 0.5) is 10.5 Å². The number of pyridine rings is 1. The molecule has 1 atom stereocenters. The second-order valence-corrected chi connectivity index (χ2v) is 10.3. The van der Waals surface area contributed by atoms with E-state index in [2.05, 4.69) is 10.3 Å². The van der Waals surface area contributed by atoms with E-state index in [1.807, 2.05) is 42.5 Å². The number of carbonyl (C=O) groups is 1. The van der Waals surface area contributed by atoms with Crippen LogP contribution in [0.2, 0.25) is 0 Å². The fourth-order valence-electron chi connectivity index (χ4n) is 4.92. The van der Waals surface area contributed by atoms with Crippen LogP contribution in [0.1, 0.15) is 55.8 Å². The van der Waals surface area contributed by atoms with Crippen LogP contribution in [0, 0.1) is 0 Å². The largest absolute Gasteiger partial charge is 0.506 e. The summed E-state index contributed by atoms with van der Waals surface area (Å²) in [5, 5.41) is 34.3. The molecular weight excluding hydrogens is 534 g/mol. The van der Waals surface area contributed by atoms with Crippen molar-refractivity contribution in [3.05, 3.63) is 100 Å². The van der Waals surface area contributed by atoms with Crippen LogP contribution in [0.5, 0.6) is 11.5 Å². The molecule has 0 saturated carbocycles. The summed E-state index contributed by atoms with van der Waals surface area (Å²) in [5.74, 6) is 0.641. The Bertz CT molecular complexity index is 1490. The standard InChI is InChI=1S/C33H39N3O6/c37-29-17-15-27(28-16-18-31(39)35-32(28)29)30(38)22-34-19-8-3-1-2-4-9-20-42-26-14-10-13-25(21-26)36(33(40)41)23-24-11-6-5-7-12-24/h5-7,10-18,21,30,34,37-38H,1-4,8-9,19-20,22-23H2,(H,35,39)(H,40,41)/t30-/m0/s1. The number of aromatic amines is 1. The maximum atomic E-state index is 11.9. The number of fused-ring (bicyclic) bond motifs is 1. The molecule has 0 aliphatic rings. The third kappa shape index (κ3) is 8.83. The number of aliphatic hydroxyl groups is 1. The minimum atomic E-state index is -1.01.